The smallest absolute Gasteiger partial charge is 0.0822 e. The minimum absolute atomic E-state index is 0.650. The lowest BCUT2D eigenvalue weighted by atomic mass is 10.1. The Kier molecular flexibility index (Phi) is 12.8. The van der Waals surface area contributed by atoms with E-state index in [9.17, 15) is 0 Å². The fraction of sp³-hybridized carbons (Fsp3) is 1.00. The molecule has 14 heavy (non-hydrogen) atoms. The first kappa shape index (κ1) is 13.9. The minimum atomic E-state index is 0.650. The molecule has 0 bridgehead atoms. The van der Waals surface area contributed by atoms with Crippen LogP contribution in [0.4, 0.5) is 0 Å². The Morgan fingerprint density at radius 3 is 1.79 bits per heavy atom. The lowest BCUT2D eigenvalue weighted by molar-refractivity contribution is -0.291. The van der Waals surface area contributed by atoms with Crippen molar-refractivity contribution in [2.45, 2.75) is 65.2 Å². The molecule has 0 aliphatic rings. The van der Waals surface area contributed by atoms with Gasteiger partial charge in [0.15, 0.2) is 0 Å². The van der Waals surface area contributed by atoms with Gasteiger partial charge in [-0.3, -0.25) is 0 Å². The maximum absolute atomic E-state index is 4.93. The van der Waals surface area contributed by atoms with Gasteiger partial charge in [0.2, 0.25) is 0 Å². The Balaban J connectivity index is 2.78. The molecule has 0 aromatic carbocycles. The van der Waals surface area contributed by atoms with Gasteiger partial charge in [-0.25, -0.2) is 9.78 Å². The summed E-state index contributed by atoms with van der Waals surface area (Å²) in [4.78, 5) is 9.72. The van der Waals surface area contributed by atoms with Gasteiger partial charge in [0.1, 0.15) is 0 Å². The predicted octanol–water partition coefficient (Wildman–Crippen LogP) is 4.10. The van der Waals surface area contributed by atoms with Crippen LogP contribution >= 0.6 is 0 Å². The molecule has 0 fully saturated rings. The lowest BCUT2D eigenvalue weighted by Gasteiger charge is -2.02. The topological polar surface area (TPSA) is 18.5 Å². The van der Waals surface area contributed by atoms with Crippen molar-refractivity contribution in [3.05, 3.63) is 0 Å². The molecule has 0 saturated heterocycles. The van der Waals surface area contributed by atoms with Gasteiger partial charge in [-0.2, -0.15) is 0 Å². The van der Waals surface area contributed by atoms with E-state index in [0.717, 1.165) is 13.0 Å². The van der Waals surface area contributed by atoms with Crippen LogP contribution in [-0.4, -0.2) is 13.2 Å². The zero-order valence-electron chi connectivity index (χ0n) is 9.89. The van der Waals surface area contributed by atoms with Crippen LogP contribution in [0.25, 0.3) is 0 Å². The van der Waals surface area contributed by atoms with Crippen LogP contribution in [0, 0.1) is 0 Å². The molecule has 0 aliphatic heterocycles. The third-order valence-electron chi connectivity index (χ3n) is 2.28. The fourth-order valence-electron chi connectivity index (χ4n) is 1.44. The van der Waals surface area contributed by atoms with Crippen LogP contribution in [-0.2, 0) is 9.78 Å². The van der Waals surface area contributed by atoms with E-state index in [1.54, 1.807) is 0 Å². The summed E-state index contributed by atoms with van der Waals surface area (Å²) in [6.45, 7) is 5.60. The van der Waals surface area contributed by atoms with Gasteiger partial charge in [-0.15, -0.1) is 0 Å². The average Bonchev–Trinajstić information content (AvgIpc) is 2.21. The van der Waals surface area contributed by atoms with E-state index in [-0.39, 0.29) is 0 Å². The van der Waals surface area contributed by atoms with E-state index >= 15 is 0 Å². The first-order valence-corrected chi connectivity index (χ1v) is 6.16. The van der Waals surface area contributed by atoms with Crippen molar-refractivity contribution in [1.29, 1.82) is 0 Å². The summed E-state index contributed by atoms with van der Waals surface area (Å²) in [6, 6.07) is 0. The maximum atomic E-state index is 4.93. The highest BCUT2D eigenvalue weighted by molar-refractivity contribution is 4.45. The van der Waals surface area contributed by atoms with Gasteiger partial charge in [-0.05, 0) is 13.3 Å². The van der Waals surface area contributed by atoms with Crippen LogP contribution in [0.5, 0.6) is 0 Å². The summed E-state index contributed by atoms with van der Waals surface area (Å²) < 4.78 is 0. The highest BCUT2D eigenvalue weighted by Crippen LogP contribution is 2.08. The second-order valence-electron chi connectivity index (χ2n) is 3.70. The summed E-state index contributed by atoms with van der Waals surface area (Å²) in [5, 5.41) is 0. The zero-order chi connectivity index (χ0) is 10.5. The molecule has 0 amide bonds. The molecule has 2 heteroatoms. The molecule has 86 valence electrons. The summed E-state index contributed by atoms with van der Waals surface area (Å²) in [5.41, 5.74) is 0. The van der Waals surface area contributed by atoms with Gasteiger partial charge >= 0.3 is 0 Å². The van der Waals surface area contributed by atoms with Crippen LogP contribution in [0.2, 0.25) is 0 Å². The van der Waals surface area contributed by atoms with E-state index in [1.165, 1.54) is 44.9 Å². The quantitative estimate of drug-likeness (QED) is 0.285. The van der Waals surface area contributed by atoms with Gasteiger partial charge < -0.3 is 0 Å². The largest absolute Gasteiger partial charge is 0.237 e. The normalized spacial score (nSPS) is 10.7. The minimum Gasteiger partial charge on any atom is -0.237 e. The van der Waals surface area contributed by atoms with Crippen molar-refractivity contribution in [2.24, 2.45) is 0 Å². The van der Waals surface area contributed by atoms with Crippen LogP contribution in [0.3, 0.4) is 0 Å². The maximum Gasteiger partial charge on any atom is 0.0822 e. The molecule has 0 atom stereocenters. The molecule has 0 radical (unpaired) electrons. The number of rotatable bonds is 11. The van der Waals surface area contributed by atoms with E-state index in [0.29, 0.717) is 6.61 Å². The van der Waals surface area contributed by atoms with Crippen molar-refractivity contribution >= 4 is 0 Å². The zero-order valence-corrected chi connectivity index (χ0v) is 9.89. The standard InChI is InChI=1S/C12H26O2/c1-3-5-6-7-8-9-10-11-12-14-13-4-2/h3-12H2,1-2H3. The molecule has 0 spiro atoms. The average molecular weight is 202 g/mol. The first-order chi connectivity index (χ1) is 6.91. The van der Waals surface area contributed by atoms with Crippen LogP contribution in [0.1, 0.15) is 65.2 Å². The Bertz CT molecular complexity index is 82.3. The molecule has 2 nitrogen and oxygen atoms in total. The van der Waals surface area contributed by atoms with E-state index in [1.807, 2.05) is 6.92 Å². The van der Waals surface area contributed by atoms with Crippen molar-refractivity contribution < 1.29 is 9.78 Å². The molecular weight excluding hydrogens is 176 g/mol. The van der Waals surface area contributed by atoms with E-state index < -0.39 is 0 Å². The van der Waals surface area contributed by atoms with Crippen molar-refractivity contribution in [3.63, 3.8) is 0 Å². The van der Waals surface area contributed by atoms with Crippen molar-refractivity contribution in [1.82, 2.24) is 0 Å². The monoisotopic (exact) mass is 202 g/mol. The van der Waals surface area contributed by atoms with Gasteiger partial charge in [0.05, 0.1) is 13.2 Å². The second kappa shape index (κ2) is 12.9. The Morgan fingerprint density at radius 1 is 0.643 bits per heavy atom. The molecule has 0 heterocycles. The summed E-state index contributed by atoms with van der Waals surface area (Å²) in [7, 11) is 0. The third kappa shape index (κ3) is 11.9. The molecule has 0 saturated carbocycles. The number of unbranched alkanes of at least 4 members (excludes halogenated alkanes) is 7. The van der Waals surface area contributed by atoms with E-state index in [4.69, 9.17) is 9.78 Å². The third-order valence-corrected chi connectivity index (χ3v) is 2.28. The van der Waals surface area contributed by atoms with Gasteiger partial charge in [0.25, 0.3) is 0 Å². The highest BCUT2D eigenvalue weighted by Gasteiger charge is 1.91. The molecule has 0 aromatic heterocycles. The lowest BCUT2D eigenvalue weighted by Crippen LogP contribution is -1.95. The SMILES string of the molecule is CCCCCCCCCCOOCC. The Labute approximate surface area is 88.9 Å². The molecule has 0 unspecified atom stereocenters. The predicted molar refractivity (Wildman–Crippen MR) is 60.2 cm³/mol. The van der Waals surface area contributed by atoms with Crippen molar-refractivity contribution in [3.8, 4) is 0 Å². The first-order valence-electron chi connectivity index (χ1n) is 6.16. The summed E-state index contributed by atoms with van der Waals surface area (Å²) in [6.07, 6.45) is 10.7. The number of hydrogen-bond acceptors (Lipinski definition) is 2. The Hall–Kier alpha value is -0.0800. The van der Waals surface area contributed by atoms with E-state index in [2.05, 4.69) is 6.92 Å². The fourth-order valence-corrected chi connectivity index (χ4v) is 1.44. The van der Waals surface area contributed by atoms with Gasteiger partial charge in [0, 0.05) is 0 Å². The summed E-state index contributed by atoms with van der Waals surface area (Å²) in [5.74, 6) is 0. The highest BCUT2D eigenvalue weighted by atomic mass is 17.2. The van der Waals surface area contributed by atoms with Crippen LogP contribution in [0.15, 0.2) is 0 Å². The molecule has 0 rings (SSSR count). The summed E-state index contributed by atoms with van der Waals surface area (Å²) >= 11 is 0. The second-order valence-corrected chi connectivity index (χ2v) is 3.70. The molecule has 0 aliphatic carbocycles. The molecule has 0 aromatic rings. The van der Waals surface area contributed by atoms with Crippen molar-refractivity contribution in [2.75, 3.05) is 13.2 Å². The molecule has 0 N–H and O–H groups in total. The number of hydrogen-bond donors (Lipinski definition) is 0. The van der Waals surface area contributed by atoms with Gasteiger partial charge in [-0.1, -0.05) is 51.9 Å². The Morgan fingerprint density at radius 2 is 1.21 bits per heavy atom. The molecular formula is C12H26O2. The van der Waals surface area contributed by atoms with Crippen LogP contribution < -0.4 is 0 Å².